The summed E-state index contributed by atoms with van der Waals surface area (Å²) in [5, 5.41) is 8.92. The molecule has 0 spiro atoms. The van der Waals surface area contributed by atoms with Crippen molar-refractivity contribution in [1.29, 1.82) is 0 Å². The van der Waals surface area contributed by atoms with Crippen LogP contribution in [0.25, 0.3) is 0 Å². The second-order valence-corrected chi connectivity index (χ2v) is 18.1. The third kappa shape index (κ3) is 44.3. The van der Waals surface area contributed by atoms with Crippen molar-refractivity contribution in [1.82, 2.24) is 0 Å². The van der Waals surface area contributed by atoms with Crippen molar-refractivity contribution >= 4 is 19.8 Å². The molecule has 0 aromatic heterocycles. The predicted molar refractivity (Wildman–Crippen MR) is 249 cm³/mol. The van der Waals surface area contributed by atoms with Gasteiger partial charge in [-0.05, 0) is 51.4 Å². The van der Waals surface area contributed by atoms with Crippen molar-refractivity contribution in [3.63, 3.8) is 0 Å². The minimum absolute atomic E-state index is 0.0146. The quantitative estimate of drug-likeness (QED) is 0.0233. The molecule has 0 aromatic carbocycles. The van der Waals surface area contributed by atoms with Crippen LogP contribution in [0.1, 0.15) is 226 Å². The average Bonchev–Trinajstić information content (AvgIpc) is 3.23. The maximum atomic E-state index is 12.7. The number of phosphoric acid groups is 1. The lowest BCUT2D eigenvalue weighted by molar-refractivity contribution is -0.154. The maximum absolute atomic E-state index is 12.7. The molecule has 4 N–H and O–H groups in total. The van der Waals surface area contributed by atoms with Gasteiger partial charge in [0.1, 0.15) is 12.1 Å². The Labute approximate surface area is 367 Å². The van der Waals surface area contributed by atoms with Crippen LogP contribution in [-0.2, 0) is 32.7 Å². The Morgan fingerprint density at radius 2 is 0.917 bits per heavy atom. The number of esters is 1. The fourth-order valence-corrected chi connectivity index (χ4v) is 7.63. The third-order valence-electron chi connectivity index (χ3n) is 10.7. The van der Waals surface area contributed by atoms with E-state index in [-0.39, 0.29) is 13.0 Å². The second-order valence-electron chi connectivity index (χ2n) is 16.6. The van der Waals surface area contributed by atoms with Crippen LogP contribution >= 0.6 is 7.82 Å². The van der Waals surface area contributed by atoms with Gasteiger partial charge in [-0.1, -0.05) is 204 Å². The van der Waals surface area contributed by atoms with Crippen LogP contribution in [0.15, 0.2) is 36.5 Å². The van der Waals surface area contributed by atoms with Crippen LogP contribution in [-0.4, -0.2) is 60.5 Å². The van der Waals surface area contributed by atoms with Crippen LogP contribution in [0.2, 0.25) is 0 Å². The molecule has 3 unspecified atom stereocenters. The number of carboxylic acid groups (broad SMARTS) is 1. The van der Waals surface area contributed by atoms with Crippen LogP contribution < -0.4 is 5.73 Å². The third-order valence-corrected chi connectivity index (χ3v) is 11.6. The molecule has 0 aliphatic carbocycles. The molecule has 0 aromatic rings. The molecule has 10 nitrogen and oxygen atoms in total. The Morgan fingerprint density at radius 1 is 0.533 bits per heavy atom. The molecule has 3 atom stereocenters. The highest BCUT2D eigenvalue weighted by molar-refractivity contribution is 7.47. The molecular formula is C49H92NO9P. The van der Waals surface area contributed by atoms with E-state index in [1.54, 1.807) is 0 Å². The molecule has 0 amide bonds. The number of allylic oxidation sites excluding steroid dienone is 6. The van der Waals surface area contributed by atoms with E-state index in [0.717, 1.165) is 70.6 Å². The first-order chi connectivity index (χ1) is 29.2. The molecule has 0 saturated heterocycles. The number of nitrogens with two attached hydrogens (primary N) is 1. The monoisotopic (exact) mass is 870 g/mol. The first-order valence-electron chi connectivity index (χ1n) is 24.5. The Hall–Kier alpha value is -1.81. The van der Waals surface area contributed by atoms with Crippen LogP contribution in [0, 0.1) is 0 Å². The Bertz CT molecular complexity index is 1100. The number of ether oxygens (including phenoxy) is 2. The molecule has 60 heavy (non-hydrogen) atoms. The molecule has 0 bridgehead atoms. The first-order valence-corrected chi connectivity index (χ1v) is 26.0. The minimum atomic E-state index is -4.62. The largest absolute Gasteiger partial charge is 0.480 e. The molecule has 0 saturated carbocycles. The standard InChI is InChI=1S/C49H92NO9P/c1-3-5-7-9-11-13-15-17-19-21-23-25-27-29-31-33-35-37-39-41-48(51)59-46(44-57-60(54,55)58-45-47(50)49(52)53)43-56-42-40-38-36-34-32-30-28-26-24-22-20-18-16-14-12-10-8-6-4-2/h11,13,17,19,23,25,46-47H,3-10,12,14-16,18,20-22,24,26-45,50H2,1-2H3,(H,52,53)(H,54,55)/b13-11-,19-17-,25-23-. The van der Waals surface area contributed by atoms with Crippen molar-refractivity contribution in [3.8, 4) is 0 Å². The minimum Gasteiger partial charge on any atom is -0.480 e. The van der Waals surface area contributed by atoms with E-state index < -0.39 is 45.1 Å². The van der Waals surface area contributed by atoms with E-state index in [9.17, 15) is 19.0 Å². The number of aliphatic carboxylic acids is 1. The number of hydrogen-bond donors (Lipinski definition) is 3. The summed E-state index contributed by atoms with van der Waals surface area (Å²) in [5.74, 6) is -1.78. The van der Waals surface area contributed by atoms with Gasteiger partial charge in [0.2, 0.25) is 0 Å². The molecule has 0 aliphatic heterocycles. The zero-order valence-corrected chi connectivity index (χ0v) is 39.5. The van der Waals surface area contributed by atoms with Gasteiger partial charge in [0.25, 0.3) is 0 Å². The normalized spacial score (nSPS) is 14.1. The Kier molecular flexibility index (Phi) is 43.9. The van der Waals surface area contributed by atoms with Gasteiger partial charge in [-0.25, -0.2) is 4.57 Å². The predicted octanol–water partition coefficient (Wildman–Crippen LogP) is 14.0. The highest BCUT2D eigenvalue weighted by Crippen LogP contribution is 2.43. The van der Waals surface area contributed by atoms with Gasteiger partial charge >= 0.3 is 19.8 Å². The summed E-state index contributed by atoms with van der Waals surface area (Å²) in [7, 11) is -4.62. The lowest BCUT2D eigenvalue weighted by atomic mass is 10.0. The number of hydrogen-bond acceptors (Lipinski definition) is 8. The summed E-state index contributed by atoms with van der Waals surface area (Å²) < 4.78 is 33.5. The molecule has 0 fully saturated rings. The van der Waals surface area contributed by atoms with Gasteiger partial charge in [-0.2, -0.15) is 0 Å². The fraction of sp³-hybridized carbons (Fsp3) is 0.837. The van der Waals surface area contributed by atoms with E-state index in [1.165, 1.54) is 128 Å². The number of carboxylic acids is 1. The van der Waals surface area contributed by atoms with Gasteiger partial charge in [0.05, 0.1) is 19.8 Å². The number of carbonyl (C=O) groups is 2. The van der Waals surface area contributed by atoms with Gasteiger partial charge in [-0.15, -0.1) is 0 Å². The summed E-state index contributed by atoms with van der Waals surface area (Å²) >= 11 is 0. The van der Waals surface area contributed by atoms with Crippen molar-refractivity contribution in [2.45, 2.75) is 238 Å². The van der Waals surface area contributed by atoms with E-state index in [2.05, 4.69) is 50.3 Å². The second kappa shape index (κ2) is 45.2. The number of phosphoric ester groups is 1. The van der Waals surface area contributed by atoms with Gasteiger partial charge in [0, 0.05) is 13.0 Å². The van der Waals surface area contributed by atoms with Crippen molar-refractivity contribution in [3.05, 3.63) is 36.5 Å². The topological polar surface area (TPSA) is 155 Å². The summed E-state index contributed by atoms with van der Waals surface area (Å²) in [4.78, 5) is 33.6. The summed E-state index contributed by atoms with van der Waals surface area (Å²) in [5.41, 5.74) is 5.37. The summed E-state index contributed by atoms with van der Waals surface area (Å²) in [6.45, 7) is 3.88. The molecule has 0 heterocycles. The van der Waals surface area contributed by atoms with Crippen molar-refractivity contribution in [2.24, 2.45) is 5.73 Å². The number of carbonyl (C=O) groups excluding carboxylic acids is 1. The first kappa shape index (κ1) is 58.2. The highest BCUT2D eigenvalue weighted by atomic mass is 31.2. The smallest absolute Gasteiger partial charge is 0.472 e. The highest BCUT2D eigenvalue weighted by Gasteiger charge is 2.27. The lowest BCUT2D eigenvalue weighted by Crippen LogP contribution is -2.34. The molecule has 0 aliphatic rings. The zero-order valence-electron chi connectivity index (χ0n) is 38.6. The number of rotatable bonds is 47. The van der Waals surface area contributed by atoms with Crippen LogP contribution in [0.4, 0.5) is 0 Å². The van der Waals surface area contributed by atoms with Gasteiger partial charge < -0.3 is 25.2 Å². The van der Waals surface area contributed by atoms with E-state index in [4.69, 9.17) is 29.4 Å². The van der Waals surface area contributed by atoms with E-state index in [0.29, 0.717) is 13.0 Å². The SMILES string of the molecule is CCCCC/C=C\C/C=C\C/C=C\CCCCCCCCC(=O)OC(COCCCCCCCCCCCCCCCCCCCCC)COP(=O)(O)OCC(N)C(=O)O. The van der Waals surface area contributed by atoms with Crippen LogP contribution in [0.5, 0.6) is 0 Å². The van der Waals surface area contributed by atoms with Crippen LogP contribution in [0.3, 0.4) is 0 Å². The average molecular weight is 870 g/mol. The van der Waals surface area contributed by atoms with Crippen molar-refractivity contribution < 1.29 is 42.7 Å². The molecule has 0 rings (SSSR count). The Morgan fingerprint density at radius 3 is 1.40 bits per heavy atom. The Balaban J connectivity index is 4.18. The van der Waals surface area contributed by atoms with Gasteiger partial charge in [0.15, 0.2) is 0 Å². The van der Waals surface area contributed by atoms with Crippen molar-refractivity contribution in [2.75, 3.05) is 26.4 Å². The lowest BCUT2D eigenvalue weighted by Gasteiger charge is -2.20. The fourth-order valence-electron chi connectivity index (χ4n) is 6.85. The van der Waals surface area contributed by atoms with E-state index >= 15 is 0 Å². The molecule has 11 heteroatoms. The summed E-state index contributed by atoms with van der Waals surface area (Å²) in [6, 6.07) is -1.47. The maximum Gasteiger partial charge on any atom is 0.472 e. The van der Waals surface area contributed by atoms with Gasteiger partial charge in [-0.3, -0.25) is 18.6 Å². The summed E-state index contributed by atoms with van der Waals surface area (Å²) in [6.07, 6.45) is 51.9. The van der Waals surface area contributed by atoms with E-state index in [1.807, 2.05) is 0 Å². The molecule has 352 valence electrons. The zero-order chi connectivity index (χ0) is 44.0. The molecule has 0 radical (unpaired) electrons. The number of unbranched alkanes of at least 4 members (excludes halogenated alkanes) is 27. The molecular weight excluding hydrogens is 778 g/mol.